The van der Waals surface area contributed by atoms with Crippen LogP contribution in [-0.4, -0.2) is 12.1 Å². The maximum Gasteiger partial charge on any atom is 0.244 e. The van der Waals surface area contributed by atoms with Crippen LogP contribution in [0.15, 0.2) is 58.1 Å². The summed E-state index contributed by atoms with van der Waals surface area (Å²) < 4.78 is 0.978. The van der Waals surface area contributed by atoms with Crippen molar-refractivity contribution in [2.75, 3.05) is 0 Å². The van der Waals surface area contributed by atoms with E-state index in [2.05, 4.69) is 59.4 Å². The van der Waals surface area contributed by atoms with E-state index in [1.807, 2.05) is 36.4 Å². The van der Waals surface area contributed by atoms with Crippen LogP contribution in [0, 0.1) is 0 Å². The van der Waals surface area contributed by atoms with Crippen molar-refractivity contribution in [3.63, 3.8) is 0 Å². The second-order valence-corrected chi connectivity index (χ2v) is 7.39. The minimum Gasteiger partial charge on any atom is -0.273 e. The van der Waals surface area contributed by atoms with Crippen molar-refractivity contribution in [3.8, 4) is 0 Å². The van der Waals surface area contributed by atoms with Gasteiger partial charge in [0.1, 0.15) is 0 Å². The highest BCUT2D eigenvalue weighted by Gasteiger charge is 2.13. The van der Waals surface area contributed by atoms with Crippen molar-refractivity contribution in [3.05, 3.63) is 69.7 Å². The molecule has 120 valence electrons. The SMILES string of the molecule is CC(C)(C)c1ccc(CC(=O)N/N=C\c2cccc(Br)c2)cc1. The maximum atomic E-state index is 11.9. The van der Waals surface area contributed by atoms with Gasteiger partial charge >= 0.3 is 0 Å². The van der Waals surface area contributed by atoms with E-state index in [9.17, 15) is 4.79 Å². The molecule has 0 bridgehead atoms. The van der Waals surface area contributed by atoms with Crippen LogP contribution in [0.4, 0.5) is 0 Å². The van der Waals surface area contributed by atoms with Gasteiger partial charge in [-0.3, -0.25) is 4.79 Å². The first kappa shape index (κ1) is 17.4. The first-order chi connectivity index (χ1) is 10.8. The summed E-state index contributed by atoms with van der Waals surface area (Å²) >= 11 is 3.40. The number of rotatable bonds is 4. The Morgan fingerprint density at radius 2 is 1.87 bits per heavy atom. The summed E-state index contributed by atoms with van der Waals surface area (Å²) in [5.41, 5.74) is 5.84. The lowest BCUT2D eigenvalue weighted by Crippen LogP contribution is -2.20. The maximum absolute atomic E-state index is 11.9. The van der Waals surface area contributed by atoms with Gasteiger partial charge in [0.05, 0.1) is 12.6 Å². The number of carbonyl (C=O) groups excluding carboxylic acids is 1. The highest BCUT2D eigenvalue weighted by atomic mass is 79.9. The normalized spacial score (nSPS) is 11.7. The molecule has 0 aliphatic carbocycles. The van der Waals surface area contributed by atoms with Crippen molar-refractivity contribution in [1.82, 2.24) is 5.43 Å². The second kappa shape index (κ2) is 7.55. The standard InChI is InChI=1S/C19H21BrN2O/c1-19(2,3)16-9-7-14(8-10-16)12-18(23)22-21-13-15-5-4-6-17(20)11-15/h4-11,13H,12H2,1-3H3,(H,22,23)/b21-13-. The number of hydrogen-bond acceptors (Lipinski definition) is 2. The van der Waals surface area contributed by atoms with Gasteiger partial charge in [-0.2, -0.15) is 5.10 Å². The fourth-order valence-electron chi connectivity index (χ4n) is 2.11. The molecule has 0 atom stereocenters. The molecule has 2 rings (SSSR count). The van der Waals surface area contributed by atoms with Crippen molar-refractivity contribution in [2.24, 2.45) is 5.10 Å². The van der Waals surface area contributed by atoms with Gasteiger partial charge in [-0.15, -0.1) is 0 Å². The predicted molar refractivity (Wildman–Crippen MR) is 98.7 cm³/mol. The number of carbonyl (C=O) groups is 1. The van der Waals surface area contributed by atoms with Crippen LogP contribution >= 0.6 is 15.9 Å². The lowest BCUT2D eigenvalue weighted by Gasteiger charge is -2.19. The molecule has 0 heterocycles. The molecule has 0 aliphatic heterocycles. The van der Waals surface area contributed by atoms with E-state index in [1.165, 1.54) is 5.56 Å². The van der Waals surface area contributed by atoms with Gasteiger partial charge in [0.2, 0.25) is 5.91 Å². The zero-order valence-electron chi connectivity index (χ0n) is 13.6. The summed E-state index contributed by atoms with van der Waals surface area (Å²) in [7, 11) is 0. The summed E-state index contributed by atoms with van der Waals surface area (Å²) in [6.07, 6.45) is 1.95. The zero-order chi connectivity index (χ0) is 16.9. The molecule has 2 aromatic rings. The molecule has 0 aliphatic rings. The molecule has 0 spiro atoms. The van der Waals surface area contributed by atoms with E-state index in [1.54, 1.807) is 6.21 Å². The monoisotopic (exact) mass is 372 g/mol. The summed E-state index contributed by atoms with van der Waals surface area (Å²) in [6.45, 7) is 6.52. The summed E-state index contributed by atoms with van der Waals surface area (Å²) in [5.74, 6) is -0.125. The molecule has 3 nitrogen and oxygen atoms in total. The Hall–Kier alpha value is -1.94. The van der Waals surface area contributed by atoms with Gasteiger partial charge in [0.15, 0.2) is 0 Å². The average Bonchev–Trinajstić information content (AvgIpc) is 2.47. The predicted octanol–water partition coefficient (Wildman–Crippen LogP) is 4.44. The van der Waals surface area contributed by atoms with E-state index >= 15 is 0 Å². The largest absolute Gasteiger partial charge is 0.273 e. The zero-order valence-corrected chi connectivity index (χ0v) is 15.2. The summed E-state index contributed by atoms with van der Waals surface area (Å²) in [5, 5.41) is 3.99. The molecule has 2 aromatic carbocycles. The van der Waals surface area contributed by atoms with Gasteiger partial charge in [0, 0.05) is 4.47 Å². The van der Waals surface area contributed by atoms with Gasteiger partial charge < -0.3 is 0 Å². The number of hydrogen-bond donors (Lipinski definition) is 1. The quantitative estimate of drug-likeness (QED) is 0.625. The van der Waals surface area contributed by atoms with E-state index in [-0.39, 0.29) is 11.3 Å². The number of amides is 1. The Morgan fingerprint density at radius 3 is 2.48 bits per heavy atom. The molecular formula is C19H21BrN2O. The second-order valence-electron chi connectivity index (χ2n) is 6.47. The van der Waals surface area contributed by atoms with Gasteiger partial charge in [0.25, 0.3) is 0 Å². The van der Waals surface area contributed by atoms with Crippen molar-refractivity contribution in [1.29, 1.82) is 0 Å². The molecule has 0 saturated heterocycles. The molecule has 23 heavy (non-hydrogen) atoms. The number of halogens is 1. The molecular weight excluding hydrogens is 352 g/mol. The molecule has 0 saturated carbocycles. The number of hydrazone groups is 1. The van der Waals surface area contributed by atoms with Gasteiger partial charge in [-0.1, -0.05) is 73.1 Å². The number of nitrogens with zero attached hydrogens (tertiary/aromatic N) is 1. The van der Waals surface area contributed by atoms with Gasteiger partial charge in [-0.25, -0.2) is 5.43 Å². The molecule has 1 N–H and O–H groups in total. The summed E-state index contributed by atoms with van der Waals surface area (Å²) in [6, 6.07) is 15.9. The van der Waals surface area contributed by atoms with Crippen LogP contribution in [0.3, 0.4) is 0 Å². The van der Waals surface area contributed by atoms with Crippen LogP contribution in [0.25, 0.3) is 0 Å². The number of nitrogens with one attached hydrogen (secondary N) is 1. The molecule has 0 fully saturated rings. The highest BCUT2D eigenvalue weighted by molar-refractivity contribution is 9.10. The van der Waals surface area contributed by atoms with Crippen LogP contribution in [0.1, 0.15) is 37.5 Å². The third-order valence-corrected chi connectivity index (χ3v) is 3.93. The lowest BCUT2D eigenvalue weighted by atomic mass is 9.86. The van der Waals surface area contributed by atoms with Crippen LogP contribution in [0.5, 0.6) is 0 Å². The topological polar surface area (TPSA) is 41.5 Å². The van der Waals surface area contributed by atoms with E-state index in [0.29, 0.717) is 6.42 Å². The Balaban J connectivity index is 1.90. The first-order valence-electron chi connectivity index (χ1n) is 7.51. The Labute approximate surface area is 145 Å². The van der Waals surface area contributed by atoms with Crippen LogP contribution in [-0.2, 0) is 16.6 Å². The fraction of sp³-hybridized carbons (Fsp3) is 0.263. The third-order valence-electron chi connectivity index (χ3n) is 3.44. The molecule has 1 amide bonds. The Morgan fingerprint density at radius 1 is 1.17 bits per heavy atom. The van der Waals surface area contributed by atoms with Crippen molar-refractivity contribution < 1.29 is 4.79 Å². The molecule has 0 aromatic heterocycles. The van der Waals surface area contributed by atoms with E-state index < -0.39 is 0 Å². The fourth-order valence-corrected chi connectivity index (χ4v) is 2.53. The summed E-state index contributed by atoms with van der Waals surface area (Å²) in [4.78, 5) is 11.9. The molecule has 0 radical (unpaired) electrons. The third kappa shape index (κ3) is 5.64. The Bertz CT molecular complexity index is 700. The first-order valence-corrected chi connectivity index (χ1v) is 8.31. The van der Waals surface area contributed by atoms with E-state index in [4.69, 9.17) is 0 Å². The van der Waals surface area contributed by atoms with E-state index in [0.717, 1.165) is 15.6 Å². The molecule has 0 unspecified atom stereocenters. The number of benzene rings is 2. The lowest BCUT2D eigenvalue weighted by molar-refractivity contribution is -0.120. The van der Waals surface area contributed by atoms with Crippen molar-refractivity contribution >= 4 is 28.1 Å². The average molecular weight is 373 g/mol. The van der Waals surface area contributed by atoms with Crippen molar-refractivity contribution in [2.45, 2.75) is 32.6 Å². The van der Waals surface area contributed by atoms with Crippen LogP contribution < -0.4 is 5.43 Å². The van der Waals surface area contributed by atoms with Crippen LogP contribution in [0.2, 0.25) is 0 Å². The minimum atomic E-state index is -0.125. The molecule has 4 heteroatoms. The van der Waals surface area contributed by atoms with Gasteiger partial charge in [-0.05, 0) is 34.2 Å². The smallest absolute Gasteiger partial charge is 0.244 e. The Kier molecular flexibility index (Phi) is 5.72. The minimum absolute atomic E-state index is 0.120. The highest BCUT2D eigenvalue weighted by Crippen LogP contribution is 2.22.